The zero-order chi connectivity index (χ0) is 11.7. The topological polar surface area (TPSA) is 21.1 Å². The minimum atomic E-state index is 1.00. The molecule has 17 heavy (non-hydrogen) atoms. The van der Waals surface area contributed by atoms with Crippen LogP contribution in [-0.2, 0) is 0 Å². The fourth-order valence-electron chi connectivity index (χ4n) is 2.25. The van der Waals surface area contributed by atoms with Crippen LogP contribution in [0, 0.1) is 0 Å². The Bertz CT molecular complexity index is 515. The molecule has 0 unspecified atom stereocenters. The molecular formula is C13H14BrN3. The zero-order valence-corrected chi connectivity index (χ0v) is 11.1. The van der Waals surface area contributed by atoms with Crippen LogP contribution in [0.2, 0.25) is 0 Å². The number of benzene rings is 1. The van der Waals surface area contributed by atoms with E-state index in [9.17, 15) is 0 Å². The molecule has 0 bridgehead atoms. The predicted molar refractivity (Wildman–Crippen MR) is 72.7 cm³/mol. The molecule has 3 rings (SSSR count). The number of hydrogen-bond donors (Lipinski definition) is 0. The Kier molecular flexibility index (Phi) is 2.89. The third-order valence-electron chi connectivity index (χ3n) is 3.12. The summed E-state index contributed by atoms with van der Waals surface area (Å²) < 4.78 is 2.90. The summed E-state index contributed by atoms with van der Waals surface area (Å²) in [6, 6.07) is 8.55. The van der Waals surface area contributed by atoms with Crippen LogP contribution in [-0.4, -0.2) is 22.9 Å². The number of aromatic nitrogens is 2. The van der Waals surface area contributed by atoms with Gasteiger partial charge in [0.15, 0.2) is 0 Å². The van der Waals surface area contributed by atoms with Gasteiger partial charge in [-0.3, -0.25) is 0 Å². The molecule has 0 atom stereocenters. The van der Waals surface area contributed by atoms with Crippen molar-refractivity contribution in [3.8, 4) is 5.69 Å². The average Bonchev–Trinajstić information content (AvgIpc) is 3.00. The molecule has 1 saturated heterocycles. The van der Waals surface area contributed by atoms with Crippen molar-refractivity contribution in [1.29, 1.82) is 0 Å². The van der Waals surface area contributed by atoms with E-state index in [0.717, 1.165) is 10.2 Å². The Morgan fingerprint density at radius 1 is 1.12 bits per heavy atom. The van der Waals surface area contributed by atoms with E-state index >= 15 is 0 Å². The first-order valence-corrected chi connectivity index (χ1v) is 6.68. The fraction of sp³-hybridized carbons (Fsp3) is 0.308. The van der Waals surface area contributed by atoms with Crippen LogP contribution in [0.5, 0.6) is 0 Å². The van der Waals surface area contributed by atoms with E-state index in [-0.39, 0.29) is 0 Å². The first-order chi connectivity index (χ1) is 8.33. The van der Waals surface area contributed by atoms with Crippen molar-refractivity contribution in [2.45, 2.75) is 12.8 Å². The Balaban J connectivity index is 1.93. The van der Waals surface area contributed by atoms with Crippen LogP contribution in [0.3, 0.4) is 0 Å². The molecule has 0 N–H and O–H groups in total. The molecule has 1 fully saturated rings. The van der Waals surface area contributed by atoms with Crippen molar-refractivity contribution >= 4 is 21.6 Å². The van der Waals surface area contributed by atoms with E-state index in [0.29, 0.717) is 0 Å². The van der Waals surface area contributed by atoms with Gasteiger partial charge in [-0.15, -0.1) is 0 Å². The van der Waals surface area contributed by atoms with Crippen molar-refractivity contribution in [2.24, 2.45) is 0 Å². The van der Waals surface area contributed by atoms with E-state index in [2.05, 4.69) is 50.2 Å². The van der Waals surface area contributed by atoms with Crippen LogP contribution in [0.15, 0.2) is 41.1 Å². The molecule has 3 nitrogen and oxygen atoms in total. The van der Waals surface area contributed by atoms with Crippen molar-refractivity contribution in [3.05, 3.63) is 41.1 Å². The van der Waals surface area contributed by atoms with Gasteiger partial charge in [0.2, 0.25) is 0 Å². The lowest BCUT2D eigenvalue weighted by molar-refractivity contribution is 0.876. The standard InChI is InChI=1S/C13H14BrN3/c14-11-9-15-17(10-11)13-5-3-4-12(8-13)16-6-1-2-7-16/h3-5,8-10H,1-2,6-7H2. The van der Waals surface area contributed by atoms with Gasteiger partial charge in [0, 0.05) is 25.0 Å². The van der Waals surface area contributed by atoms with Crippen molar-refractivity contribution < 1.29 is 0 Å². The summed E-state index contributed by atoms with van der Waals surface area (Å²) in [7, 11) is 0. The first-order valence-electron chi connectivity index (χ1n) is 5.88. The summed E-state index contributed by atoms with van der Waals surface area (Å²) in [4.78, 5) is 2.43. The number of halogens is 1. The Morgan fingerprint density at radius 2 is 1.88 bits per heavy atom. The molecule has 2 heterocycles. The molecule has 1 aromatic carbocycles. The molecule has 0 spiro atoms. The van der Waals surface area contributed by atoms with Gasteiger partial charge in [-0.2, -0.15) is 5.10 Å². The van der Waals surface area contributed by atoms with Gasteiger partial charge < -0.3 is 4.90 Å². The van der Waals surface area contributed by atoms with E-state index in [4.69, 9.17) is 0 Å². The van der Waals surface area contributed by atoms with Gasteiger partial charge in [0.05, 0.1) is 16.4 Å². The van der Waals surface area contributed by atoms with Gasteiger partial charge in [-0.1, -0.05) is 6.07 Å². The van der Waals surface area contributed by atoms with Crippen LogP contribution in [0.25, 0.3) is 5.69 Å². The lowest BCUT2D eigenvalue weighted by Gasteiger charge is -2.18. The molecule has 0 saturated carbocycles. The highest BCUT2D eigenvalue weighted by atomic mass is 79.9. The number of nitrogens with zero attached hydrogens (tertiary/aromatic N) is 3. The summed E-state index contributed by atoms with van der Waals surface area (Å²) in [5, 5.41) is 4.31. The van der Waals surface area contributed by atoms with Crippen LogP contribution < -0.4 is 4.90 Å². The monoisotopic (exact) mass is 291 g/mol. The van der Waals surface area contributed by atoms with Gasteiger partial charge in [0.1, 0.15) is 0 Å². The highest BCUT2D eigenvalue weighted by molar-refractivity contribution is 9.10. The van der Waals surface area contributed by atoms with Crippen LogP contribution in [0.1, 0.15) is 12.8 Å². The Hall–Kier alpha value is -1.29. The molecule has 1 aliphatic heterocycles. The highest BCUT2D eigenvalue weighted by Crippen LogP contribution is 2.23. The molecule has 0 radical (unpaired) electrons. The molecule has 1 aromatic heterocycles. The molecule has 4 heteroatoms. The van der Waals surface area contributed by atoms with E-state index < -0.39 is 0 Å². The van der Waals surface area contributed by atoms with Crippen molar-refractivity contribution in [2.75, 3.05) is 18.0 Å². The largest absolute Gasteiger partial charge is 0.371 e. The lowest BCUT2D eigenvalue weighted by atomic mass is 10.2. The SMILES string of the molecule is Brc1cnn(-c2cccc(N3CCCC3)c2)c1. The van der Waals surface area contributed by atoms with Gasteiger partial charge in [0.25, 0.3) is 0 Å². The summed E-state index contributed by atoms with van der Waals surface area (Å²) in [6.07, 6.45) is 6.39. The van der Waals surface area contributed by atoms with E-state index in [1.165, 1.54) is 31.6 Å². The van der Waals surface area contributed by atoms with Gasteiger partial charge in [-0.05, 0) is 47.0 Å². The third kappa shape index (κ3) is 2.22. The number of anilines is 1. The second-order valence-corrected chi connectivity index (χ2v) is 5.23. The summed E-state index contributed by atoms with van der Waals surface area (Å²) in [6.45, 7) is 2.35. The maximum absolute atomic E-state index is 4.31. The van der Waals surface area contributed by atoms with Crippen LogP contribution in [0.4, 0.5) is 5.69 Å². The second-order valence-electron chi connectivity index (χ2n) is 4.32. The van der Waals surface area contributed by atoms with Crippen LogP contribution >= 0.6 is 15.9 Å². The molecule has 0 aliphatic carbocycles. The fourth-order valence-corrected chi connectivity index (χ4v) is 2.54. The van der Waals surface area contributed by atoms with Gasteiger partial charge >= 0.3 is 0 Å². The Morgan fingerprint density at radius 3 is 2.59 bits per heavy atom. The second kappa shape index (κ2) is 4.53. The minimum absolute atomic E-state index is 1.00. The molecule has 1 aliphatic rings. The summed E-state index contributed by atoms with van der Waals surface area (Å²) in [5.41, 5.74) is 2.41. The van der Waals surface area contributed by atoms with E-state index in [1.54, 1.807) is 0 Å². The highest BCUT2D eigenvalue weighted by Gasteiger charge is 2.12. The molecular weight excluding hydrogens is 278 g/mol. The zero-order valence-electron chi connectivity index (χ0n) is 9.51. The van der Waals surface area contributed by atoms with Crippen molar-refractivity contribution in [3.63, 3.8) is 0 Å². The van der Waals surface area contributed by atoms with E-state index in [1.807, 2.05) is 17.1 Å². The minimum Gasteiger partial charge on any atom is -0.371 e. The lowest BCUT2D eigenvalue weighted by Crippen LogP contribution is -2.17. The summed E-state index contributed by atoms with van der Waals surface area (Å²) >= 11 is 3.42. The number of hydrogen-bond acceptors (Lipinski definition) is 2. The smallest absolute Gasteiger partial charge is 0.0666 e. The third-order valence-corrected chi connectivity index (χ3v) is 3.53. The normalized spacial score (nSPS) is 15.5. The first kappa shape index (κ1) is 10.8. The quantitative estimate of drug-likeness (QED) is 0.847. The predicted octanol–water partition coefficient (Wildman–Crippen LogP) is 3.24. The van der Waals surface area contributed by atoms with Gasteiger partial charge in [-0.25, -0.2) is 4.68 Å². The van der Waals surface area contributed by atoms with Crippen molar-refractivity contribution in [1.82, 2.24) is 9.78 Å². The maximum Gasteiger partial charge on any atom is 0.0666 e. The summed E-state index contributed by atoms with van der Waals surface area (Å²) in [5.74, 6) is 0. The Labute approximate surface area is 109 Å². The average molecular weight is 292 g/mol. The molecule has 0 amide bonds. The maximum atomic E-state index is 4.31. The molecule has 2 aromatic rings. The molecule has 88 valence electrons. The number of rotatable bonds is 2.